The van der Waals surface area contributed by atoms with E-state index in [2.05, 4.69) is 30.7 Å². The number of nitrogens with two attached hydrogens (primary N) is 1. The number of hydrogen-bond acceptors (Lipinski definition) is 3. The van der Waals surface area contributed by atoms with Crippen LogP contribution in [0, 0.1) is 18.8 Å². The minimum absolute atomic E-state index is 0.360. The van der Waals surface area contributed by atoms with Crippen molar-refractivity contribution in [1.29, 1.82) is 0 Å². The molecule has 1 aliphatic rings. The molecule has 0 spiro atoms. The first kappa shape index (κ1) is 12.1. The van der Waals surface area contributed by atoms with Crippen LogP contribution in [-0.4, -0.2) is 0 Å². The lowest BCUT2D eigenvalue weighted by Gasteiger charge is -2.32. The van der Waals surface area contributed by atoms with Gasteiger partial charge in [0.2, 0.25) is 0 Å². The number of nitrogens with one attached hydrogen (secondary N) is 1. The Bertz CT molecular complexity index is 326. The van der Waals surface area contributed by atoms with Crippen molar-refractivity contribution >= 4 is 11.3 Å². The maximum atomic E-state index is 5.75. The van der Waals surface area contributed by atoms with Crippen molar-refractivity contribution < 1.29 is 0 Å². The molecule has 3 N–H and O–H groups in total. The van der Waals surface area contributed by atoms with Crippen LogP contribution in [-0.2, 0) is 0 Å². The van der Waals surface area contributed by atoms with Crippen LogP contribution in [0.2, 0.25) is 0 Å². The number of rotatable bonds is 3. The van der Waals surface area contributed by atoms with E-state index in [0.29, 0.717) is 6.04 Å². The van der Waals surface area contributed by atoms with E-state index in [-0.39, 0.29) is 0 Å². The normalized spacial score (nSPS) is 27.9. The Labute approximate surface area is 102 Å². The third kappa shape index (κ3) is 2.47. The molecular weight excluding hydrogens is 216 g/mol. The van der Waals surface area contributed by atoms with Gasteiger partial charge in [0, 0.05) is 10.9 Å². The average Bonchev–Trinajstić information content (AvgIpc) is 2.69. The van der Waals surface area contributed by atoms with Crippen LogP contribution in [0.1, 0.15) is 49.1 Å². The van der Waals surface area contributed by atoms with Gasteiger partial charge in [0.25, 0.3) is 0 Å². The Kier molecular flexibility index (Phi) is 4.00. The lowest BCUT2D eigenvalue weighted by Crippen LogP contribution is -2.35. The Hall–Kier alpha value is -0.380. The summed E-state index contributed by atoms with van der Waals surface area (Å²) in [5.41, 5.74) is 4.45. The van der Waals surface area contributed by atoms with Crippen LogP contribution < -0.4 is 11.3 Å². The molecule has 0 aromatic carbocycles. The third-order valence-corrected chi connectivity index (χ3v) is 4.81. The lowest BCUT2D eigenvalue weighted by molar-refractivity contribution is 0.232. The van der Waals surface area contributed by atoms with E-state index >= 15 is 0 Å². The molecule has 1 aromatic heterocycles. The fourth-order valence-electron chi connectivity index (χ4n) is 2.82. The molecule has 1 aliphatic carbocycles. The molecule has 3 heteroatoms. The molecule has 16 heavy (non-hydrogen) atoms. The predicted molar refractivity (Wildman–Crippen MR) is 70.2 cm³/mol. The number of thiophene rings is 1. The van der Waals surface area contributed by atoms with Gasteiger partial charge in [-0.25, -0.2) is 0 Å². The van der Waals surface area contributed by atoms with E-state index in [1.54, 1.807) is 0 Å². The van der Waals surface area contributed by atoms with Crippen molar-refractivity contribution in [2.45, 2.75) is 45.6 Å². The van der Waals surface area contributed by atoms with Gasteiger partial charge in [-0.05, 0) is 48.6 Å². The standard InChI is InChI=1S/C13H22N2S/c1-9-3-5-11(6-4-9)13(15-14)12-7-8-16-10(12)2/h7-9,11,13,15H,3-6,14H2,1-2H3. The van der Waals surface area contributed by atoms with Crippen molar-refractivity contribution in [3.05, 3.63) is 21.9 Å². The molecule has 0 bridgehead atoms. The molecule has 0 radical (unpaired) electrons. The highest BCUT2D eigenvalue weighted by Crippen LogP contribution is 2.38. The Balaban J connectivity index is 2.08. The van der Waals surface area contributed by atoms with E-state index < -0.39 is 0 Å². The average molecular weight is 238 g/mol. The highest BCUT2D eigenvalue weighted by Gasteiger charge is 2.27. The van der Waals surface area contributed by atoms with Gasteiger partial charge >= 0.3 is 0 Å². The molecule has 0 amide bonds. The second-order valence-corrected chi connectivity index (χ2v) is 6.22. The highest BCUT2D eigenvalue weighted by atomic mass is 32.1. The maximum absolute atomic E-state index is 5.75. The molecule has 1 atom stereocenters. The third-order valence-electron chi connectivity index (χ3n) is 3.95. The van der Waals surface area contributed by atoms with Gasteiger partial charge in [-0.15, -0.1) is 11.3 Å². The summed E-state index contributed by atoms with van der Waals surface area (Å²) in [4.78, 5) is 1.40. The zero-order chi connectivity index (χ0) is 11.5. The monoisotopic (exact) mass is 238 g/mol. The summed E-state index contributed by atoms with van der Waals surface area (Å²) in [7, 11) is 0. The zero-order valence-electron chi connectivity index (χ0n) is 10.2. The van der Waals surface area contributed by atoms with E-state index in [1.165, 1.54) is 36.1 Å². The molecule has 2 nitrogen and oxygen atoms in total. The Morgan fingerprint density at radius 2 is 2.06 bits per heavy atom. The van der Waals surface area contributed by atoms with Gasteiger partial charge in [0.15, 0.2) is 0 Å². The van der Waals surface area contributed by atoms with Crippen molar-refractivity contribution in [2.75, 3.05) is 0 Å². The first-order valence-electron chi connectivity index (χ1n) is 6.22. The fraction of sp³-hybridized carbons (Fsp3) is 0.692. The van der Waals surface area contributed by atoms with Crippen LogP contribution in [0.15, 0.2) is 11.4 Å². The van der Waals surface area contributed by atoms with E-state index in [1.807, 2.05) is 11.3 Å². The summed E-state index contributed by atoms with van der Waals surface area (Å²) in [6.45, 7) is 4.55. The zero-order valence-corrected chi connectivity index (χ0v) is 11.0. The minimum Gasteiger partial charge on any atom is -0.271 e. The van der Waals surface area contributed by atoms with Crippen molar-refractivity contribution in [3.63, 3.8) is 0 Å². The van der Waals surface area contributed by atoms with Gasteiger partial charge < -0.3 is 0 Å². The molecule has 0 aliphatic heterocycles. The second kappa shape index (κ2) is 5.30. The summed E-state index contributed by atoms with van der Waals surface area (Å²) < 4.78 is 0. The van der Waals surface area contributed by atoms with E-state index in [0.717, 1.165) is 11.8 Å². The molecule has 1 unspecified atom stereocenters. The largest absolute Gasteiger partial charge is 0.271 e. The van der Waals surface area contributed by atoms with Crippen LogP contribution in [0.25, 0.3) is 0 Å². The van der Waals surface area contributed by atoms with Gasteiger partial charge in [-0.2, -0.15) is 0 Å². The Morgan fingerprint density at radius 1 is 1.38 bits per heavy atom. The molecule has 1 fully saturated rings. The first-order valence-corrected chi connectivity index (χ1v) is 7.10. The molecule has 90 valence electrons. The fourth-order valence-corrected chi connectivity index (χ4v) is 3.57. The van der Waals surface area contributed by atoms with Crippen LogP contribution in [0.5, 0.6) is 0 Å². The lowest BCUT2D eigenvalue weighted by atomic mass is 9.77. The van der Waals surface area contributed by atoms with Gasteiger partial charge in [0.1, 0.15) is 0 Å². The summed E-state index contributed by atoms with van der Waals surface area (Å²) in [5.74, 6) is 7.37. The van der Waals surface area contributed by atoms with Gasteiger partial charge in [0.05, 0.1) is 0 Å². The first-order chi connectivity index (χ1) is 7.72. The smallest absolute Gasteiger partial charge is 0.0499 e. The topological polar surface area (TPSA) is 38.0 Å². The molecule has 2 rings (SSSR count). The molecule has 1 aromatic rings. The van der Waals surface area contributed by atoms with Gasteiger partial charge in [-0.3, -0.25) is 11.3 Å². The van der Waals surface area contributed by atoms with Crippen LogP contribution in [0.3, 0.4) is 0 Å². The number of hydrazine groups is 1. The highest BCUT2D eigenvalue weighted by molar-refractivity contribution is 7.10. The minimum atomic E-state index is 0.360. The van der Waals surface area contributed by atoms with Crippen molar-refractivity contribution in [1.82, 2.24) is 5.43 Å². The van der Waals surface area contributed by atoms with Gasteiger partial charge in [-0.1, -0.05) is 19.8 Å². The van der Waals surface area contributed by atoms with Crippen LogP contribution >= 0.6 is 11.3 Å². The maximum Gasteiger partial charge on any atom is 0.0499 e. The quantitative estimate of drug-likeness (QED) is 0.626. The van der Waals surface area contributed by atoms with Crippen molar-refractivity contribution in [2.24, 2.45) is 17.7 Å². The van der Waals surface area contributed by atoms with Crippen molar-refractivity contribution in [3.8, 4) is 0 Å². The molecule has 1 saturated carbocycles. The molecule has 1 heterocycles. The summed E-state index contributed by atoms with van der Waals surface area (Å²) >= 11 is 1.82. The summed E-state index contributed by atoms with van der Waals surface area (Å²) in [5, 5.41) is 2.17. The Morgan fingerprint density at radius 3 is 2.56 bits per heavy atom. The predicted octanol–water partition coefficient (Wildman–Crippen LogP) is 3.39. The number of hydrogen-bond donors (Lipinski definition) is 2. The second-order valence-electron chi connectivity index (χ2n) is 5.10. The van der Waals surface area contributed by atoms with E-state index in [9.17, 15) is 0 Å². The SMILES string of the molecule is Cc1sccc1C(NN)C1CCC(C)CC1. The summed E-state index contributed by atoms with van der Waals surface area (Å²) in [6, 6.07) is 2.58. The summed E-state index contributed by atoms with van der Waals surface area (Å²) in [6.07, 6.45) is 5.33. The van der Waals surface area contributed by atoms with Crippen LogP contribution in [0.4, 0.5) is 0 Å². The molecule has 0 saturated heterocycles. The van der Waals surface area contributed by atoms with E-state index in [4.69, 9.17) is 5.84 Å². The number of aryl methyl sites for hydroxylation is 1. The molecular formula is C13H22N2S.